The fourth-order valence-corrected chi connectivity index (χ4v) is 1.46. The summed E-state index contributed by atoms with van der Waals surface area (Å²) < 4.78 is 0. The summed E-state index contributed by atoms with van der Waals surface area (Å²) in [5, 5.41) is 10.2. The number of aromatic amines is 1. The molecule has 1 N–H and O–H groups in total. The average Bonchev–Trinajstić information content (AvgIpc) is 2.89. The second-order valence-electron chi connectivity index (χ2n) is 3.41. The number of benzene rings is 1. The zero-order valence-electron chi connectivity index (χ0n) is 9.11. The summed E-state index contributed by atoms with van der Waals surface area (Å²) in [5.41, 5.74) is 11.3. The number of rotatable bonds is 4. The fourth-order valence-electron chi connectivity index (χ4n) is 1.46. The summed E-state index contributed by atoms with van der Waals surface area (Å²) >= 11 is 0. The van der Waals surface area contributed by atoms with E-state index in [1.54, 1.807) is 6.20 Å². The second-order valence-corrected chi connectivity index (χ2v) is 3.41. The van der Waals surface area contributed by atoms with Crippen molar-refractivity contribution in [3.05, 3.63) is 58.6 Å². The number of nitrogens with zero attached hydrogens (tertiary/aromatic N) is 4. The van der Waals surface area contributed by atoms with Crippen molar-refractivity contribution in [3.8, 4) is 11.3 Å². The van der Waals surface area contributed by atoms with Crippen LogP contribution in [-0.4, -0.2) is 16.7 Å². The van der Waals surface area contributed by atoms with Crippen LogP contribution in [0.1, 0.15) is 5.56 Å². The second kappa shape index (κ2) is 5.53. The smallest absolute Gasteiger partial charge is 0.0650 e. The molecule has 0 saturated carbocycles. The van der Waals surface area contributed by atoms with E-state index in [2.05, 4.69) is 20.2 Å². The normalized spacial score (nSPS) is 10.4. The molecule has 0 amide bonds. The van der Waals surface area contributed by atoms with Crippen LogP contribution in [-0.2, 0) is 0 Å². The van der Waals surface area contributed by atoms with E-state index in [1.807, 2.05) is 42.5 Å². The Morgan fingerprint density at radius 3 is 2.76 bits per heavy atom. The van der Waals surface area contributed by atoms with Crippen LogP contribution in [0.2, 0.25) is 0 Å². The predicted molar refractivity (Wildman–Crippen MR) is 67.1 cm³/mol. The van der Waals surface area contributed by atoms with Gasteiger partial charge in [-0.3, -0.25) is 5.10 Å². The molecule has 0 fully saturated rings. The Balaban J connectivity index is 2.08. The molecule has 0 radical (unpaired) electrons. The highest BCUT2D eigenvalue weighted by atomic mass is 15.1. The first-order chi connectivity index (χ1) is 8.40. The molecule has 0 bridgehead atoms. The Bertz CT molecular complexity index is 533. The number of aromatic nitrogens is 2. The topological polar surface area (TPSA) is 77.4 Å². The summed E-state index contributed by atoms with van der Waals surface area (Å²) in [6.45, 7) is 0.374. The van der Waals surface area contributed by atoms with Crippen molar-refractivity contribution in [2.75, 3.05) is 6.54 Å². The zero-order chi connectivity index (χ0) is 11.9. The van der Waals surface area contributed by atoms with Crippen LogP contribution >= 0.6 is 0 Å². The van der Waals surface area contributed by atoms with E-state index >= 15 is 0 Å². The van der Waals surface area contributed by atoms with Crippen LogP contribution < -0.4 is 0 Å². The van der Waals surface area contributed by atoms with Gasteiger partial charge in [0.25, 0.3) is 0 Å². The van der Waals surface area contributed by atoms with Gasteiger partial charge in [-0.05, 0) is 22.7 Å². The van der Waals surface area contributed by atoms with E-state index in [-0.39, 0.29) is 0 Å². The van der Waals surface area contributed by atoms with Gasteiger partial charge in [0.1, 0.15) is 0 Å². The number of nitrogens with one attached hydrogen (secondary N) is 1. The molecule has 0 atom stereocenters. The van der Waals surface area contributed by atoms with Crippen molar-refractivity contribution in [1.82, 2.24) is 10.2 Å². The lowest BCUT2D eigenvalue weighted by molar-refractivity contribution is 1.10. The molecular formula is C12H11N5. The van der Waals surface area contributed by atoms with Crippen molar-refractivity contribution in [2.24, 2.45) is 5.11 Å². The summed E-state index contributed by atoms with van der Waals surface area (Å²) in [5.74, 6) is 0. The molecule has 0 aliphatic heterocycles. The molecule has 5 nitrogen and oxygen atoms in total. The summed E-state index contributed by atoms with van der Waals surface area (Å²) in [6.07, 6.45) is 5.47. The van der Waals surface area contributed by atoms with Crippen LogP contribution in [0.25, 0.3) is 27.8 Å². The summed E-state index contributed by atoms with van der Waals surface area (Å²) in [7, 11) is 0. The minimum absolute atomic E-state index is 0.374. The Morgan fingerprint density at radius 2 is 2.12 bits per heavy atom. The van der Waals surface area contributed by atoms with Crippen LogP contribution in [0, 0.1) is 0 Å². The van der Waals surface area contributed by atoms with Crippen LogP contribution in [0.5, 0.6) is 0 Å². The first-order valence-electron chi connectivity index (χ1n) is 5.17. The molecule has 0 aliphatic carbocycles. The molecule has 2 rings (SSSR count). The molecule has 0 unspecified atom stereocenters. The van der Waals surface area contributed by atoms with Crippen molar-refractivity contribution < 1.29 is 0 Å². The Hall–Kier alpha value is -2.52. The van der Waals surface area contributed by atoms with Crippen molar-refractivity contribution in [1.29, 1.82) is 0 Å². The van der Waals surface area contributed by atoms with E-state index < -0.39 is 0 Å². The Labute approximate surface area is 98.4 Å². The molecule has 84 valence electrons. The van der Waals surface area contributed by atoms with E-state index in [1.165, 1.54) is 0 Å². The number of H-pyrrole nitrogens is 1. The third kappa shape index (κ3) is 2.96. The van der Waals surface area contributed by atoms with Gasteiger partial charge in [0.05, 0.1) is 5.69 Å². The van der Waals surface area contributed by atoms with Crippen LogP contribution in [0.15, 0.2) is 47.7 Å². The highest BCUT2D eigenvalue weighted by molar-refractivity contribution is 5.61. The SMILES string of the molecule is [N-]=[N+]=NCC=Cc1ccc(-c2ccn[nH]2)cc1. The molecule has 1 aromatic heterocycles. The van der Waals surface area contributed by atoms with Crippen molar-refractivity contribution >= 4 is 6.08 Å². The van der Waals surface area contributed by atoms with E-state index in [0.29, 0.717) is 6.54 Å². The lowest BCUT2D eigenvalue weighted by Crippen LogP contribution is -1.79. The van der Waals surface area contributed by atoms with Gasteiger partial charge in [0, 0.05) is 17.7 Å². The molecule has 0 aliphatic rings. The zero-order valence-corrected chi connectivity index (χ0v) is 9.11. The molecular weight excluding hydrogens is 214 g/mol. The highest BCUT2D eigenvalue weighted by Crippen LogP contribution is 2.17. The predicted octanol–water partition coefficient (Wildman–Crippen LogP) is 3.40. The number of hydrogen-bond acceptors (Lipinski definition) is 2. The quantitative estimate of drug-likeness (QED) is 0.483. The third-order valence-electron chi connectivity index (χ3n) is 2.28. The summed E-state index contributed by atoms with van der Waals surface area (Å²) in [4.78, 5) is 2.68. The summed E-state index contributed by atoms with van der Waals surface area (Å²) in [6, 6.07) is 9.96. The molecule has 17 heavy (non-hydrogen) atoms. The van der Waals surface area contributed by atoms with Gasteiger partial charge in [-0.1, -0.05) is 41.5 Å². The monoisotopic (exact) mass is 225 g/mol. The van der Waals surface area contributed by atoms with Gasteiger partial charge in [-0.2, -0.15) is 5.10 Å². The molecule has 2 aromatic rings. The maximum atomic E-state index is 8.12. The number of hydrogen-bond donors (Lipinski definition) is 1. The Morgan fingerprint density at radius 1 is 1.29 bits per heavy atom. The van der Waals surface area contributed by atoms with Gasteiger partial charge in [0.2, 0.25) is 0 Å². The van der Waals surface area contributed by atoms with Crippen molar-refractivity contribution in [2.45, 2.75) is 0 Å². The van der Waals surface area contributed by atoms with E-state index in [4.69, 9.17) is 5.53 Å². The lowest BCUT2D eigenvalue weighted by atomic mass is 10.1. The molecule has 1 aromatic carbocycles. The highest BCUT2D eigenvalue weighted by Gasteiger charge is 1.96. The minimum Gasteiger partial charge on any atom is -0.278 e. The Kier molecular flexibility index (Phi) is 3.57. The maximum absolute atomic E-state index is 8.12. The van der Waals surface area contributed by atoms with Crippen LogP contribution in [0.4, 0.5) is 0 Å². The molecule has 1 heterocycles. The molecule has 5 heteroatoms. The molecule has 0 spiro atoms. The lowest BCUT2D eigenvalue weighted by Gasteiger charge is -1.98. The first-order valence-corrected chi connectivity index (χ1v) is 5.17. The van der Waals surface area contributed by atoms with E-state index in [9.17, 15) is 0 Å². The first kappa shape index (κ1) is 11.0. The minimum atomic E-state index is 0.374. The van der Waals surface area contributed by atoms with Crippen LogP contribution in [0.3, 0.4) is 0 Å². The third-order valence-corrected chi connectivity index (χ3v) is 2.28. The van der Waals surface area contributed by atoms with E-state index in [0.717, 1.165) is 16.8 Å². The maximum Gasteiger partial charge on any atom is 0.0650 e. The van der Waals surface area contributed by atoms with Gasteiger partial charge in [0.15, 0.2) is 0 Å². The van der Waals surface area contributed by atoms with Gasteiger partial charge in [-0.25, -0.2) is 0 Å². The standard InChI is InChI=1S/C12H11N5/c13-17-15-8-1-2-10-3-5-11(6-4-10)12-7-9-14-16-12/h1-7,9H,8H2,(H,14,16). The largest absolute Gasteiger partial charge is 0.278 e. The van der Waals surface area contributed by atoms with Gasteiger partial charge < -0.3 is 0 Å². The molecule has 0 saturated heterocycles. The van der Waals surface area contributed by atoms with Crippen molar-refractivity contribution in [3.63, 3.8) is 0 Å². The van der Waals surface area contributed by atoms with Gasteiger partial charge in [-0.15, -0.1) is 0 Å². The fraction of sp³-hybridized carbons (Fsp3) is 0.0833. The average molecular weight is 225 g/mol. The van der Waals surface area contributed by atoms with Gasteiger partial charge >= 0.3 is 0 Å². The number of azide groups is 1.